The maximum Gasteiger partial charge on any atom is 0.308 e. The van der Waals surface area contributed by atoms with E-state index in [1.54, 1.807) is 4.90 Å². The highest BCUT2D eigenvalue weighted by Gasteiger charge is 2.38. The van der Waals surface area contributed by atoms with E-state index in [1.165, 1.54) is 0 Å². The predicted octanol–water partition coefficient (Wildman–Crippen LogP) is 1.77. The number of amides is 1. The number of nitrogens with zero attached hydrogens (tertiary/aromatic N) is 3. The Labute approximate surface area is 124 Å². The molecule has 1 aliphatic heterocycles. The molecule has 3 atom stereocenters. The van der Waals surface area contributed by atoms with Gasteiger partial charge in [-0.1, -0.05) is 0 Å². The number of aryl methyl sites for hydroxylation is 2. The van der Waals surface area contributed by atoms with E-state index < -0.39 is 11.9 Å². The summed E-state index contributed by atoms with van der Waals surface area (Å²) in [5, 5.41) is 13.5. The topological polar surface area (TPSA) is 75.4 Å². The lowest BCUT2D eigenvalue weighted by Gasteiger charge is -2.25. The second kappa shape index (κ2) is 5.87. The van der Waals surface area contributed by atoms with Crippen molar-refractivity contribution in [3.8, 4) is 0 Å². The highest BCUT2D eigenvalue weighted by atomic mass is 16.4. The quantitative estimate of drug-likeness (QED) is 0.918. The lowest BCUT2D eigenvalue weighted by molar-refractivity contribution is -0.143. The first-order chi connectivity index (χ1) is 9.81. The van der Waals surface area contributed by atoms with Crippen molar-refractivity contribution >= 4 is 11.9 Å². The average Bonchev–Trinajstić information content (AvgIpc) is 2.92. The fourth-order valence-corrected chi connectivity index (χ4v) is 3.17. The van der Waals surface area contributed by atoms with Gasteiger partial charge < -0.3 is 10.0 Å². The van der Waals surface area contributed by atoms with Gasteiger partial charge in [0.1, 0.15) is 0 Å². The van der Waals surface area contributed by atoms with Crippen LogP contribution < -0.4 is 0 Å². The molecule has 0 spiro atoms. The fraction of sp³-hybridized carbons (Fsp3) is 0.667. The Morgan fingerprint density at radius 1 is 1.48 bits per heavy atom. The molecule has 0 aliphatic carbocycles. The lowest BCUT2D eigenvalue weighted by Crippen LogP contribution is -2.38. The van der Waals surface area contributed by atoms with E-state index in [0.29, 0.717) is 19.4 Å². The summed E-state index contributed by atoms with van der Waals surface area (Å²) in [6.07, 6.45) is 0.884. The molecule has 3 unspecified atom stereocenters. The van der Waals surface area contributed by atoms with E-state index in [1.807, 2.05) is 38.4 Å². The third-order valence-electron chi connectivity index (χ3n) is 4.32. The number of rotatable bonds is 4. The molecule has 1 N–H and O–H groups in total. The minimum atomic E-state index is -0.815. The summed E-state index contributed by atoms with van der Waals surface area (Å²) in [5.41, 5.74) is 1.97. The van der Waals surface area contributed by atoms with E-state index in [-0.39, 0.29) is 18.0 Å². The largest absolute Gasteiger partial charge is 0.481 e. The summed E-state index contributed by atoms with van der Waals surface area (Å²) in [6.45, 7) is 8.21. The molecule has 1 saturated heterocycles. The summed E-state index contributed by atoms with van der Waals surface area (Å²) >= 11 is 0. The molecule has 0 saturated carbocycles. The molecular weight excluding hydrogens is 270 g/mol. The number of likely N-dealkylation sites (tertiary alicyclic amines) is 1. The van der Waals surface area contributed by atoms with E-state index in [2.05, 4.69) is 5.10 Å². The van der Waals surface area contributed by atoms with Gasteiger partial charge in [0.2, 0.25) is 5.91 Å². The van der Waals surface area contributed by atoms with Crippen molar-refractivity contribution in [1.82, 2.24) is 14.7 Å². The molecule has 6 heteroatoms. The van der Waals surface area contributed by atoms with E-state index in [9.17, 15) is 9.59 Å². The van der Waals surface area contributed by atoms with Gasteiger partial charge in [-0.2, -0.15) is 5.10 Å². The SMILES string of the molecule is Cc1cc(C)n(C(C)CC(=O)N2CCC(C(=O)O)C2C)n1. The molecule has 21 heavy (non-hydrogen) atoms. The Morgan fingerprint density at radius 3 is 2.62 bits per heavy atom. The number of hydrogen-bond donors (Lipinski definition) is 1. The van der Waals surface area contributed by atoms with Crippen molar-refractivity contribution in [3.05, 3.63) is 17.5 Å². The summed E-state index contributed by atoms with van der Waals surface area (Å²) in [5.74, 6) is -1.26. The minimum absolute atomic E-state index is 0.00584. The maximum absolute atomic E-state index is 12.4. The lowest BCUT2D eigenvalue weighted by atomic mass is 10.0. The zero-order chi connectivity index (χ0) is 15.7. The molecule has 1 aromatic rings. The normalized spacial score (nSPS) is 23.3. The van der Waals surface area contributed by atoms with Gasteiger partial charge in [-0.15, -0.1) is 0 Å². The molecule has 1 fully saturated rings. The smallest absolute Gasteiger partial charge is 0.308 e. The standard InChI is InChI=1S/C15H23N3O3/c1-9-7-10(2)18(16-9)11(3)8-14(19)17-6-5-13(12(17)4)15(20)21/h7,11-13H,5-6,8H2,1-4H3,(H,20,21). The van der Waals surface area contributed by atoms with Gasteiger partial charge in [0.15, 0.2) is 0 Å². The molecule has 1 aromatic heterocycles. The van der Waals surface area contributed by atoms with Crippen LogP contribution in [0.1, 0.15) is 44.1 Å². The van der Waals surface area contributed by atoms with Gasteiger partial charge in [-0.3, -0.25) is 14.3 Å². The van der Waals surface area contributed by atoms with Crippen LogP contribution in [0, 0.1) is 19.8 Å². The monoisotopic (exact) mass is 293 g/mol. The molecular formula is C15H23N3O3. The highest BCUT2D eigenvalue weighted by molar-refractivity contribution is 5.79. The van der Waals surface area contributed by atoms with Crippen molar-refractivity contribution in [2.45, 2.75) is 52.6 Å². The number of carbonyl (C=O) groups excluding carboxylic acids is 1. The van der Waals surface area contributed by atoms with Crippen LogP contribution in [0.15, 0.2) is 6.07 Å². The Hall–Kier alpha value is -1.85. The number of hydrogen-bond acceptors (Lipinski definition) is 3. The van der Waals surface area contributed by atoms with Gasteiger partial charge in [0, 0.05) is 24.7 Å². The average molecular weight is 293 g/mol. The number of aliphatic carboxylic acids is 1. The number of carboxylic acids is 1. The second-order valence-electron chi connectivity index (χ2n) is 5.99. The molecule has 2 rings (SSSR count). The van der Waals surface area contributed by atoms with Crippen molar-refractivity contribution in [2.24, 2.45) is 5.92 Å². The summed E-state index contributed by atoms with van der Waals surface area (Å²) in [6, 6.07) is 1.73. The van der Waals surface area contributed by atoms with Gasteiger partial charge in [0.25, 0.3) is 0 Å². The van der Waals surface area contributed by atoms with Crippen LogP contribution in [0.3, 0.4) is 0 Å². The first kappa shape index (κ1) is 15.5. The zero-order valence-electron chi connectivity index (χ0n) is 13.0. The first-order valence-electron chi connectivity index (χ1n) is 7.36. The minimum Gasteiger partial charge on any atom is -0.481 e. The van der Waals surface area contributed by atoms with Gasteiger partial charge in [0.05, 0.1) is 17.7 Å². The molecule has 0 radical (unpaired) electrons. The molecule has 2 heterocycles. The number of carboxylic acid groups (broad SMARTS) is 1. The Balaban J connectivity index is 2.02. The molecule has 1 aliphatic rings. The van der Waals surface area contributed by atoms with Crippen LogP contribution in [0.5, 0.6) is 0 Å². The van der Waals surface area contributed by atoms with Gasteiger partial charge >= 0.3 is 5.97 Å². The maximum atomic E-state index is 12.4. The molecule has 0 aromatic carbocycles. The highest BCUT2D eigenvalue weighted by Crippen LogP contribution is 2.26. The Kier molecular flexibility index (Phi) is 4.34. The van der Waals surface area contributed by atoms with Crippen LogP contribution in [0.2, 0.25) is 0 Å². The van der Waals surface area contributed by atoms with Crippen LogP contribution in [0.4, 0.5) is 0 Å². The second-order valence-corrected chi connectivity index (χ2v) is 5.99. The van der Waals surface area contributed by atoms with Gasteiger partial charge in [-0.05, 0) is 40.2 Å². The van der Waals surface area contributed by atoms with Crippen molar-refractivity contribution in [3.63, 3.8) is 0 Å². The van der Waals surface area contributed by atoms with Crippen molar-refractivity contribution < 1.29 is 14.7 Å². The third kappa shape index (κ3) is 3.09. The number of carbonyl (C=O) groups is 2. The summed E-state index contributed by atoms with van der Waals surface area (Å²) < 4.78 is 1.86. The molecule has 6 nitrogen and oxygen atoms in total. The zero-order valence-corrected chi connectivity index (χ0v) is 13.0. The fourth-order valence-electron chi connectivity index (χ4n) is 3.17. The van der Waals surface area contributed by atoms with Gasteiger partial charge in [-0.25, -0.2) is 0 Å². The third-order valence-corrected chi connectivity index (χ3v) is 4.32. The van der Waals surface area contributed by atoms with Crippen LogP contribution >= 0.6 is 0 Å². The number of aromatic nitrogens is 2. The molecule has 0 bridgehead atoms. The molecule has 1 amide bonds. The van der Waals surface area contributed by atoms with Crippen LogP contribution in [-0.4, -0.2) is 44.3 Å². The van der Waals surface area contributed by atoms with Crippen LogP contribution in [0.25, 0.3) is 0 Å². The van der Waals surface area contributed by atoms with E-state index >= 15 is 0 Å². The van der Waals surface area contributed by atoms with E-state index in [0.717, 1.165) is 11.4 Å². The first-order valence-corrected chi connectivity index (χ1v) is 7.36. The van der Waals surface area contributed by atoms with Crippen LogP contribution in [-0.2, 0) is 9.59 Å². The molecule has 116 valence electrons. The predicted molar refractivity (Wildman–Crippen MR) is 77.9 cm³/mol. The summed E-state index contributed by atoms with van der Waals surface area (Å²) in [7, 11) is 0. The summed E-state index contributed by atoms with van der Waals surface area (Å²) in [4.78, 5) is 25.2. The van der Waals surface area contributed by atoms with E-state index in [4.69, 9.17) is 5.11 Å². The van der Waals surface area contributed by atoms with Crippen molar-refractivity contribution in [2.75, 3.05) is 6.54 Å². The Morgan fingerprint density at radius 2 is 2.14 bits per heavy atom. The van der Waals surface area contributed by atoms with Crippen molar-refractivity contribution in [1.29, 1.82) is 0 Å². The Bertz CT molecular complexity index is 552.